The molecule has 0 fully saturated rings. The maximum Gasteiger partial charge on any atom is 0.433 e. The van der Waals surface area contributed by atoms with Gasteiger partial charge in [0.05, 0.1) is 11.8 Å². The first-order valence-electron chi connectivity index (χ1n) is 6.07. The van der Waals surface area contributed by atoms with Crippen molar-refractivity contribution < 1.29 is 14.1 Å². The van der Waals surface area contributed by atoms with Crippen molar-refractivity contribution >= 4 is 34.9 Å². The number of amides is 1. The molecule has 0 aliphatic carbocycles. The van der Waals surface area contributed by atoms with E-state index in [2.05, 4.69) is 15.5 Å². The fourth-order valence-corrected chi connectivity index (χ4v) is 2.99. The van der Waals surface area contributed by atoms with Crippen LogP contribution in [0.3, 0.4) is 0 Å². The Morgan fingerprint density at radius 3 is 3.00 bits per heavy atom. The van der Waals surface area contributed by atoms with E-state index in [9.17, 15) is 14.9 Å². The molecule has 112 valence electrons. The molecule has 0 aromatic carbocycles. The summed E-state index contributed by atoms with van der Waals surface area (Å²) in [5.41, 5.74) is 0. The number of furan rings is 1. The maximum absolute atomic E-state index is 11.5. The van der Waals surface area contributed by atoms with Crippen molar-refractivity contribution in [3.63, 3.8) is 0 Å². The molecule has 0 unspecified atom stereocenters. The van der Waals surface area contributed by atoms with Crippen molar-refractivity contribution in [1.29, 1.82) is 0 Å². The van der Waals surface area contributed by atoms with Crippen LogP contribution in [0.25, 0.3) is 10.8 Å². The van der Waals surface area contributed by atoms with E-state index >= 15 is 0 Å². The summed E-state index contributed by atoms with van der Waals surface area (Å²) in [6.45, 7) is 2.63. The summed E-state index contributed by atoms with van der Waals surface area (Å²) in [5, 5.41) is 21.6. The van der Waals surface area contributed by atoms with Crippen LogP contribution in [-0.4, -0.2) is 33.3 Å². The lowest BCUT2D eigenvalue weighted by molar-refractivity contribution is -0.401. The van der Waals surface area contributed by atoms with Gasteiger partial charge in [-0.2, -0.15) is 0 Å². The number of nitrogens with zero attached hydrogens (tertiary/aromatic N) is 3. The largest absolute Gasteiger partial charge is 0.433 e. The molecule has 2 aromatic rings. The normalized spacial score (nSPS) is 10.5. The van der Waals surface area contributed by atoms with Gasteiger partial charge in [-0.25, -0.2) is 0 Å². The zero-order chi connectivity index (χ0) is 15.2. The third-order valence-corrected chi connectivity index (χ3v) is 4.36. The highest BCUT2D eigenvalue weighted by Gasteiger charge is 2.17. The predicted octanol–water partition coefficient (Wildman–Crippen LogP) is 2.32. The summed E-state index contributed by atoms with van der Waals surface area (Å²) < 4.78 is 5.65. The summed E-state index contributed by atoms with van der Waals surface area (Å²) in [7, 11) is 0. The number of carbonyl (C=O) groups excluding carboxylic acids is 1. The van der Waals surface area contributed by atoms with E-state index in [0.29, 0.717) is 21.7 Å². The van der Waals surface area contributed by atoms with Crippen LogP contribution in [0.4, 0.5) is 5.88 Å². The summed E-state index contributed by atoms with van der Waals surface area (Å²) in [6.07, 6.45) is 0.886. The zero-order valence-electron chi connectivity index (χ0n) is 11.1. The van der Waals surface area contributed by atoms with E-state index in [1.165, 1.54) is 35.2 Å². The third kappa shape index (κ3) is 4.26. The van der Waals surface area contributed by atoms with Gasteiger partial charge in [0, 0.05) is 6.54 Å². The van der Waals surface area contributed by atoms with Crippen LogP contribution < -0.4 is 5.32 Å². The summed E-state index contributed by atoms with van der Waals surface area (Å²) >= 11 is 2.49. The number of rotatable bonds is 7. The minimum Gasteiger partial charge on any atom is -0.398 e. The topological polar surface area (TPSA) is 111 Å². The van der Waals surface area contributed by atoms with E-state index < -0.39 is 4.92 Å². The first kappa shape index (κ1) is 15.4. The Hall–Kier alpha value is -1.94. The van der Waals surface area contributed by atoms with E-state index in [-0.39, 0.29) is 17.5 Å². The predicted molar refractivity (Wildman–Crippen MR) is 78.3 cm³/mol. The second kappa shape index (κ2) is 7.18. The van der Waals surface area contributed by atoms with Crippen molar-refractivity contribution in [3.8, 4) is 10.8 Å². The van der Waals surface area contributed by atoms with Gasteiger partial charge in [0.2, 0.25) is 5.91 Å². The standard InChI is InChI=1S/C11H12N4O4S2/c1-2-5-12-8(16)6-20-11-14-13-10(21-11)7-3-4-9(19-7)15(17)18/h3-4H,2,5-6H2,1H3,(H,12,16). The monoisotopic (exact) mass is 328 g/mol. The Labute approximate surface area is 128 Å². The number of hydrogen-bond donors (Lipinski definition) is 1. The molecule has 0 bridgehead atoms. The van der Waals surface area contributed by atoms with Gasteiger partial charge >= 0.3 is 5.88 Å². The van der Waals surface area contributed by atoms with E-state index in [0.717, 1.165) is 6.42 Å². The van der Waals surface area contributed by atoms with Crippen LogP contribution >= 0.6 is 23.1 Å². The molecule has 0 aliphatic rings. The van der Waals surface area contributed by atoms with Crippen LogP contribution in [0.5, 0.6) is 0 Å². The lowest BCUT2D eigenvalue weighted by Crippen LogP contribution is -2.25. The van der Waals surface area contributed by atoms with Crippen LogP contribution in [-0.2, 0) is 4.79 Å². The van der Waals surface area contributed by atoms with Crippen molar-refractivity contribution in [2.45, 2.75) is 17.7 Å². The smallest absolute Gasteiger partial charge is 0.398 e. The fourth-order valence-electron chi connectivity index (χ4n) is 1.35. The molecule has 2 aromatic heterocycles. The quantitative estimate of drug-likeness (QED) is 0.471. The lowest BCUT2D eigenvalue weighted by Gasteiger charge is -2.00. The zero-order valence-corrected chi connectivity index (χ0v) is 12.7. The average molecular weight is 328 g/mol. The van der Waals surface area contributed by atoms with Gasteiger partial charge in [0.15, 0.2) is 15.1 Å². The lowest BCUT2D eigenvalue weighted by atomic mass is 10.5. The Morgan fingerprint density at radius 1 is 1.52 bits per heavy atom. The first-order valence-corrected chi connectivity index (χ1v) is 7.88. The number of thioether (sulfide) groups is 1. The third-order valence-electron chi connectivity index (χ3n) is 2.29. The molecule has 21 heavy (non-hydrogen) atoms. The van der Waals surface area contributed by atoms with Gasteiger partial charge in [-0.15, -0.1) is 10.2 Å². The summed E-state index contributed by atoms with van der Waals surface area (Å²) in [4.78, 5) is 21.4. The van der Waals surface area contributed by atoms with E-state index in [1.807, 2.05) is 6.92 Å². The molecule has 10 heteroatoms. The van der Waals surface area contributed by atoms with Crippen molar-refractivity contribution in [2.24, 2.45) is 0 Å². The Kier molecular flexibility index (Phi) is 5.28. The molecule has 1 amide bonds. The van der Waals surface area contributed by atoms with Gasteiger partial charge in [0.1, 0.15) is 4.92 Å². The number of aromatic nitrogens is 2. The summed E-state index contributed by atoms with van der Waals surface area (Å²) in [5.74, 6) is 0.148. The molecular weight excluding hydrogens is 316 g/mol. The van der Waals surface area contributed by atoms with Gasteiger partial charge < -0.3 is 9.73 Å². The van der Waals surface area contributed by atoms with E-state index in [4.69, 9.17) is 4.42 Å². The minimum atomic E-state index is -0.613. The first-order chi connectivity index (χ1) is 10.1. The number of nitrogens with one attached hydrogen (secondary N) is 1. The summed E-state index contributed by atoms with van der Waals surface area (Å²) in [6, 6.07) is 2.74. The highest BCUT2D eigenvalue weighted by Crippen LogP contribution is 2.31. The van der Waals surface area contributed by atoms with Gasteiger partial charge in [-0.05, 0) is 12.5 Å². The fraction of sp³-hybridized carbons (Fsp3) is 0.364. The molecule has 1 N–H and O–H groups in total. The highest BCUT2D eigenvalue weighted by atomic mass is 32.2. The van der Waals surface area contributed by atoms with Crippen LogP contribution in [0.1, 0.15) is 13.3 Å². The molecule has 8 nitrogen and oxygen atoms in total. The SMILES string of the molecule is CCCNC(=O)CSc1nnc(-c2ccc([N+](=O)[O-])o2)s1. The second-order valence-corrected chi connectivity index (χ2v) is 6.11. The van der Waals surface area contributed by atoms with Gasteiger partial charge in [-0.3, -0.25) is 14.9 Å². The molecule has 2 heterocycles. The Bertz CT molecular complexity index is 640. The number of nitro groups is 1. The minimum absolute atomic E-state index is 0.0627. The average Bonchev–Trinajstić information content (AvgIpc) is 3.11. The number of carbonyl (C=O) groups is 1. The Balaban J connectivity index is 1.94. The van der Waals surface area contributed by atoms with Crippen molar-refractivity contribution in [3.05, 3.63) is 22.2 Å². The van der Waals surface area contributed by atoms with Crippen molar-refractivity contribution in [1.82, 2.24) is 15.5 Å². The molecule has 0 radical (unpaired) electrons. The number of hydrogen-bond acceptors (Lipinski definition) is 8. The molecule has 0 aliphatic heterocycles. The molecule has 2 rings (SSSR count). The van der Waals surface area contributed by atoms with Crippen molar-refractivity contribution in [2.75, 3.05) is 12.3 Å². The second-order valence-electron chi connectivity index (χ2n) is 3.91. The molecule has 0 saturated heterocycles. The maximum atomic E-state index is 11.5. The molecular formula is C11H12N4O4S2. The molecule has 0 saturated carbocycles. The molecule has 0 spiro atoms. The van der Waals surface area contributed by atoms with E-state index in [1.54, 1.807) is 0 Å². The highest BCUT2D eigenvalue weighted by molar-refractivity contribution is 8.01. The van der Waals surface area contributed by atoms with Crippen LogP contribution in [0.2, 0.25) is 0 Å². The van der Waals surface area contributed by atoms with Gasteiger partial charge in [0.25, 0.3) is 0 Å². The van der Waals surface area contributed by atoms with Crippen LogP contribution in [0.15, 0.2) is 20.9 Å². The molecule has 0 atom stereocenters. The Morgan fingerprint density at radius 2 is 2.33 bits per heavy atom. The van der Waals surface area contributed by atoms with Crippen LogP contribution in [0, 0.1) is 10.1 Å². The van der Waals surface area contributed by atoms with Gasteiger partial charge in [-0.1, -0.05) is 30.0 Å².